The third-order valence-corrected chi connectivity index (χ3v) is 5.41. The Bertz CT molecular complexity index is 682. The lowest BCUT2D eigenvalue weighted by Gasteiger charge is -2.33. The SMILES string of the molecule is O=C(Nc1ccc(F)c(F)c1F)C1CCC(C(=O)N2CCCCC2)CC1. The van der Waals surface area contributed by atoms with Crippen molar-refractivity contribution in [3.05, 3.63) is 29.6 Å². The molecule has 1 aliphatic heterocycles. The van der Waals surface area contributed by atoms with Gasteiger partial charge in [-0.1, -0.05) is 0 Å². The largest absolute Gasteiger partial charge is 0.342 e. The fourth-order valence-electron chi connectivity index (χ4n) is 3.83. The summed E-state index contributed by atoms with van der Waals surface area (Å²) in [6.45, 7) is 1.63. The van der Waals surface area contributed by atoms with Crippen molar-refractivity contribution >= 4 is 17.5 Å². The highest BCUT2D eigenvalue weighted by Crippen LogP contribution is 2.32. The predicted molar refractivity (Wildman–Crippen MR) is 90.8 cm³/mol. The lowest BCUT2D eigenvalue weighted by atomic mass is 9.80. The summed E-state index contributed by atoms with van der Waals surface area (Å²) in [6, 6.07) is 1.79. The Balaban J connectivity index is 1.53. The first-order valence-corrected chi connectivity index (χ1v) is 9.20. The van der Waals surface area contributed by atoms with Crippen LogP contribution in [0.5, 0.6) is 0 Å². The van der Waals surface area contributed by atoms with Crippen molar-refractivity contribution in [1.82, 2.24) is 4.90 Å². The normalized spacial score (nSPS) is 23.6. The van der Waals surface area contributed by atoms with E-state index in [0.717, 1.165) is 44.5 Å². The second-order valence-corrected chi connectivity index (χ2v) is 7.15. The molecule has 26 heavy (non-hydrogen) atoms. The molecule has 0 atom stereocenters. The van der Waals surface area contributed by atoms with Gasteiger partial charge in [0.15, 0.2) is 17.5 Å². The maximum absolute atomic E-state index is 13.7. The fourth-order valence-corrected chi connectivity index (χ4v) is 3.83. The van der Waals surface area contributed by atoms with Crippen LogP contribution >= 0.6 is 0 Å². The maximum Gasteiger partial charge on any atom is 0.227 e. The second kappa shape index (κ2) is 8.10. The van der Waals surface area contributed by atoms with Crippen LogP contribution in [0.4, 0.5) is 18.9 Å². The Morgan fingerprint density at radius 1 is 0.885 bits per heavy atom. The smallest absolute Gasteiger partial charge is 0.227 e. The summed E-state index contributed by atoms with van der Waals surface area (Å²) >= 11 is 0. The Kier molecular flexibility index (Phi) is 5.84. The Morgan fingerprint density at radius 2 is 1.50 bits per heavy atom. The third kappa shape index (κ3) is 4.02. The summed E-state index contributed by atoms with van der Waals surface area (Å²) in [5, 5.41) is 2.34. The van der Waals surface area contributed by atoms with Gasteiger partial charge in [0, 0.05) is 24.9 Å². The van der Waals surface area contributed by atoms with Gasteiger partial charge >= 0.3 is 0 Å². The van der Waals surface area contributed by atoms with E-state index in [9.17, 15) is 22.8 Å². The molecule has 142 valence electrons. The van der Waals surface area contributed by atoms with Crippen LogP contribution in [0, 0.1) is 29.3 Å². The molecule has 1 saturated carbocycles. The summed E-state index contributed by atoms with van der Waals surface area (Å²) in [7, 11) is 0. The average molecular weight is 368 g/mol. The van der Waals surface area contributed by atoms with E-state index in [1.807, 2.05) is 4.90 Å². The lowest BCUT2D eigenvalue weighted by molar-refractivity contribution is -0.138. The average Bonchev–Trinajstić information content (AvgIpc) is 2.68. The Labute approximate surface area is 150 Å². The summed E-state index contributed by atoms with van der Waals surface area (Å²) in [5.41, 5.74) is -0.361. The van der Waals surface area contributed by atoms with E-state index < -0.39 is 23.4 Å². The zero-order valence-electron chi connectivity index (χ0n) is 14.6. The zero-order chi connectivity index (χ0) is 18.7. The number of carbonyl (C=O) groups excluding carboxylic acids is 2. The number of rotatable bonds is 3. The molecule has 2 fully saturated rings. The summed E-state index contributed by atoms with van der Waals surface area (Å²) < 4.78 is 39.9. The van der Waals surface area contributed by atoms with Crippen LogP contribution in [0.15, 0.2) is 12.1 Å². The molecule has 1 saturated heterocycles. The van der Waals surface area contributed by atoms with Gasteiger partial charge in [-0.25, -0.2) is 13.2 Å². The van der Waals surface area contributed by atoms with Crippen molar-refractivity contribution in [2.75, 3.05) is 18.4 Å². The van der Waals surface area contributed by atoms with Gasteiger partial charge in [-0.2, -0.15) is 0 Å². The van der Waals surface area contributed by atoms with Gasteiger partial charge in [0.25, 0.3) is 0 Å². The molecule has 0 spiro atoms. The van der Waals surface area contributed by atoms with Crippen molar-refractivity contribution in [1.29, 1.82) is 0 Å². The van der Waals surface area contributed by atoms with E-state index in [0.29, 0.717) is 25.7 Å². The summed E-state index contributed by atoms with van der Waals surface area (Å²) in [6.07, 6.45) is 5.55. The maximum atomic E-state index is 13.7. The minimum atomic E-state index is -1.60. The van der Waals surface area contributed by atoms with Crippen LogP contribution in [0.25, 0.3) is 0 Å². The third-order valence-electron chi connectivity index (χ3n) is 5.41. The standard InChI is InChI=1S/C19H23F3N2O2/c20-14-8-9-15(17(22)16(14)21)23-18(25)12-4-6-13(7-5-12)19(26)24-10-2-1-3-11-24/h8-9,12-13H,1-7,10-11H2,(H,23,25). The van der Waals surface area contributed by atoms with Gasteiger partial charge in [0.05, 0.1) is 5.69 Å². The lowest BCUT2D eigenvalue weighted by Crippen LogP contribution is -2.41. The first kappa shape index (κ1) is 18.7. The number of piperidine rings is 1. The quantitative estimate of drug-likeness (QED) is 0.824. The number of nitrogens with zero attached hydrogens (tertiary/aromatic N) is 1. The minimum Gasteiger partial charge on any atom is -0.342 e. The van der Waals surface area contributed by atoms with Crippen molar-refractivity contribution < 1.29 is 22.8 Å². The van der Waals surface area contributed by atoms with Gasteiger partial charge in [-0.3, -0.25) is 9.59 Å². The molecule has 0 aromatic heterocycles. The predicted octanol–water partition coefficient (Wildman–Crippen LogP) is 3.86. The van der Waals surface area contributed by atoms with Crippen LogP contribution in [0.2, 0.25) is 0 Å². The van der Waals surface area contributed by atoms with Crippen molar-refractivity contribution in [2.45, 2.75) is 44.9 Å². The van der Waals surface area contributed by atoms with Crippen molar-refractivity contribution in [3.8, 4) is 0 Å². The van der Waals surface area contributed by atoms with Crippen LogP contribution < -0.4 is 5.32 Å². The van der Waals surface area contributed by atoms with Gasteiger partial charge in [0.1, 0.15) is 0 Å². The Morgan fingerprint density at radius 3 is 2.15 bits per heavy atom. The molecule has 1 aromatic carbocycles. The molecule has 1 heterocycles. The molecule has 0 radical (unpaired) electrons. The molecule has 1 aromatic rings. The van der Waals surface area contributed by atoms with Crippen molar-refractivity contribution in [3.63, 3.8) is 0 Å². The summed E-state index contributed by atoms with van der Waals surface area (Å²) in [4.78, 5) is 26.8. The molecule has 2 aliphatic rings. The van der Waals surface area contributed by atoms with Gasteiger partial charge in [-0.05, 0) is 57.1 Å². The topological polar surface area (TPSA) is 49.4 Å². The highest BCUT2D eigenvalue weighted by Gasteiger charge is 2.32. The molecule has 1 N–H and O–H groups in total. The molecular formula is C19H23F3N2O2. The molecule has 7 heteroatoms. The number of benzene rings is 1. The van der Waals surface area contributed by atoms with Crippen LogP contribution in [0.1, 0.15) is 44.9 Å². The van der Waals surface area contributed by atoms with E-state index >= 15 is 0 Å². The highest BCUT2D eigenvalue weighted by atomic mass is 19.2. The number of hydrogen-bond donors (Lipinski definition) is 1. The molecule has 1 aliphatic carbocycles. The van der Waals surface area contributed by atoms with E-state index in [1.54, 1.807) is 0 Å². The summed E-state index contributed by atoms with van der Waals surface area (Å²) in [5.74, 6) is -4.94. The molecular weight excluding hydrogens is 345 g/mol. The van der Waals surface area contributed by atoms with Gasteiger partial charge in [-0.15, -0.1) is 0 Å². The zero-order valence-corrected chi connectivity index (χ0v) is 14.6. The van der Waals surface area contributed by atoms with Crippen molar-refractivity contribution in [2.24, 2.45) is 11.8 Å². The van der Waals surface area contributed by atoms with E-state index in [1.165, 1.54) is 0 Å². The number of carbonyl (C=O) groups is 2. The molecule has 3 rings (SSSR count). The number of nitrogens with one attached hydrogen (secondary N) is 1. The Hall–Kier alpha value is -2.05. The fraction of sp³-hybridized carbons (Fsp3) is 0.579. The minimum absolute atomic E-state index is 0.0582. The molecule has 4 nitrogen and oxygen atoms in total. The van der Waals surface area contributed by atoms with Crippen LogP contribution in [-0.4, -0.2) is 29.8 Å². The van der Waals surface area contributed by atoms with Crippen LogP contribution in [-0.2, 0) is 9.59 Å². The number of anilines is 1. The first-order chi connectivity index (χ1) is 12.5. The molecule has 0 unspecified atom stereocenters. The molecule has 0 bridgehead atoms. The first-order valence-electron chi connectivity index (χ1n) is 9.20. The van der Waals surface area contributed by atoms with E-state index in [-0.39, 0.29) is 23.4 Å². The van der Waals surface area contributed by atoms with Gasteiger partial charge < -0.3 is 10.2 Å². The second-order valence-electron chi connectivity index (χ2n) is 7.15. The monoisotopic (exact) mass is 368 g/mol. The van der Waals surface area contributed by atoms with Crippen LogP contribution in [0.3, 0.4) is 0 Å². The number of amides is 2. The number of likely N-dealkylation sites (tertiary alicyclic amines) is 1. The van der Waals surface area contributed by atoms with E-state index in [4.69, 9.17) is 0 Å². The van der Waals surface area contributed by atoms with E-state index in [2.05, 4.69) is 5.32 Å². The number of hydrogen-bond acceptors (Lipinski definition) is 2. The van der Waals surface area contributed by atoms with Gasteiger partial charge in [0.2, 0.25) is 11.8 Å². The highest BCUT2D eigenvalue weighted by molar-refractivity contribution is 5.93. The number of halogens is 3. The molecule has 2 amide bonds.